The molecule has 0 N–H and O–H groups in total. The third-order valence-electron chi connectivity index (χ3n) is 1.96. The van der Waals surface area contributed by atoms with Crippen LogP contribution < -0.4 is 4.74 Å². The van der Waals surface area contributed by atoms with Crippen LogP contribution in [0.25, 0.3) is 0 Å². The highest BCUT2D eigenvalue weighted by Crippen LogP contribution is 2.21. The van der Waals surface area contributed by atoms with E-state index < -0.39 is 11.9 Å². The molecule has 0 aliphatic heterocycles. The highest BCUT2D eigenvalue weighted by Gasteiger charge is 2.14. The van der Waals surface area contributed by atoms with Crippen molar-refractivity contribution in [3.63, 3.8) is 0 Å². The predicted octanol–water partition coefficient (Wildman–Crippen LogP) is 2.05. The summed E-state index contributed by atoms with van der Waals surface area (Å²) in [6, 6.07) is 5.76. The molecule has 0 spiro atoms. The summed E-state index contributed by atoms with van der Waals surface area (Å²) in [5, 5.41) is 8.70. The molecule has 4 heteroatoms. The van der Waals surface area contributed by atoms with Gasteiger partial charge in [-0.15, -0.1) is 0 Å². The molecule has 0 saturated carbocycles. The average molecular weight is 207 g/mol. The number of nitrogens with zero attached hydrogens (tertiary/aromatic N) is 1. The molecule has 0 aromatic heterocycles. The molecule has 0 aliphatic carbocycles. The first-order valence-electron chi connectivity index (χ1n) is 4.42. The lowest BCUT2D eigenvalue weighted by atomic mass is 10.2. The summed E-state index contributed by atoms with van der Waals surface area (Å²) in [5.74, 6) is -0.728. The predicted molar refractivity (Wildman–Crippen MR) is 51.9 cm³/mol. The van der Waals surface area contributed by atoms with Gasteiger partial charge in [-0.1, -0.05) is 6.07 Å². The summed E-state index contributed by atoms with van der Waals surface area (Å²) >= 11 is 0. The number of nitriles is 1. The van der Waals surface area contributed by atoms with Gasteiger partial charge in [-0.05, 0) is 26.0 Å². The highest BCUT2D eigenvalue weighted by molar-refractivity contribution is 5.80. The van der Waals surface area contributed by atoms with E-state index in [1.54, 1.807) is 13.0 Å². The van der Waals surface area contributed by atoms with Crippen LogP contribution in [0.1, 0.15) is 19.4 Å². The van der Waals surface area contributed by atoms with Gasteiger partial charge in [-0.25, -0.2) is 4.39 Å². The maximum absolute atomic E-state index is 13.1. The van der Waals surface area contributed by atoms with E-state index in [2.05, 4.69) is 0 Å². The Morgan fingerprint density at radius 2 is 2.27 bits per heavy atom. The van der Waals surface area contributed by atoms with Gasteiger partial charge in [0.05, 0.1) is 0 Å². The van der Waals surface area contributed by atoms with Crippen LogP contribution in [0.15, 0.2) is 18.2 Å². The van der Waals surface area contributed by atoms with Crippen LogP contribution >= 0.6 is 0 Å². The van der Waals surface area contributed by atoms with Crippen LogP contribution in [0.5, 0.6) is 5.75 Å². The number of halogens is 1. The van der Waals surface area contributed by atoms with Crippen LogP contribution in [-0.2, 0) is 4.79 Å². The summed E-state index contributed by atoms with van der Waals surface area (Å²) in [7, 11) is 0. The Labute approximate surface area is 87.1 Å². The quantitative estimate of drug-likeness (QED) is 0.762. The molecular formula is C11H10FNO2. The second-order valence-electron chi connectivity index (χ2n) is 3.10. The molecule has 1 rings (SSSR count). The van der Waals surface area contributed by atoms with Gasteiger partial charge in [-0.2, -0.15) is 5.26 Å². The zero-order chi connectivity index (χ0) is 11.4. The van der Waals surface area contributed by atoms with Crippen molar-refractivity contribution in [2.24, 2.45) is 0 Å². The molecule has 0 saturated heterocycles. The van der Waals surface area contributed by atoms with Gasteiger partial charge in [0.2, 0.25) is 0 Å². The Bertz CT molecular complexity index is 423. The van der Waals surface area contributed by atoms with Crippen molar-refractivity contribution in [2.45, 2.75) is 20.0 Å². The first-order valence-corrected chi connectivity index (χ1v) is 4.42. The number of rotatable bonds is 3. The largest absolute Gasteiger partial charge is 0.481 e. The topological polar surface area (TPSA) is 50.1 Å². The fourth-order valence-corrected chi connectivity index (χ4v) is 0.984. The van der Waals surface area contributed by atoms with E-state index in [0.717, 1.165) is 0 Å². The van der Waals surface area contributed by atoms with E-state index in [1.165, 1.54) is 25.1 Å². The summed E-state index contributed by atoms with van der Waals surface area (Å²) in [5.41, 5.74) is -0.175. The summed E-state index contributed by atoms with van der Waals surface area (Å²) < 4.78 is 18.3. The minimum atomic E-state index is -0.682. The standard InChI is InChI=1S/C11H10FNO2/c1-7(14)8(2)15-11-5-3-4-10(12)9(11)6-13/h3-5,8H,1-2H3. The zero-order valence-electron chi connectivity index (χ0n) is 8.45. The minimum absolute atomic E-state index is 0.0974. The molecule has 0 bridgehead atoms. The van der Waals surface area contributed by atoms with Crippen molar-refractivity contribution < 1.29 is 13.9 Å². The Balaban J connectivity index is 3.01. The smallest absolute Gasteiger partial charge is 0.169 e. The highest BCUT2D eigenvalue weighted by atomic mass is 19.1. The summed E-state index contributed by atoms with van der Waals surface area (Å²) in [6.07, 6.45) is -0.682. The SMILES string of the molecule is CC(=O)C(C)Oc1cccc(F)c1C#N. The molecule has 0 fully saturated rings. The van der Waals surface area contributed by atoms with E-state index in [0.29, 0.717) is 0 Å². The number of ketones is 1. The van der Waals surface area contributed by atoms with Crippen LogP contribution in [0.4, 0.5) is 4.39 Å². The second-order valence-corrected chi connectivity index (χ2v) is 3.10. The first kappa shape index (κ1) is 11.2. The lowest BCUT2D eigenvalue weighted by Gasteiger charge is -2.12. The lowest BCUT2D eigenvalue weighted by Crippen LogP contribution is -2.21. The molecule has 0 heterocycles. The molecule has 1 aromatic carbocycles. The number of hydrogen-bond donors (Lipinski definition) is 0. The minimum Gasteiger partial charge on any atom is -0.481 e. The normalized spacial score (nSPS) is 11.6. The van der Waals surface area contributed by atoms with Crippen molar-refractivity contribution in [1.29, 1.82) is 5.26 Å². The second kappa shape index (κ2) is 4.56. The van der Waals surface area contributed by atoms with E-state index in [4.69, 9.17) is 10.00 Å². The molecule has 15 heavy (non-hydrogen) atoms. The molecule has 78 valence electrons. The van der Waals surface area contributed by atoms with Gasteiger partial charge < -0.3 is 4.74 Å². The number of carbonyl (C=O) groups is 1. The lowest BCUT2D eigenvalue weighted by molar-refractivity contribution is -0.122. The third-order valence-corrected chi connectivity index (χ3v) is 1.96. The molecule has 1 unspecified atom stereocenters. The monoisotopic (exact) mass is 207 g/mol. The van der Waals surface area contributed by atoms with Crippen LogP contribution in [-0.4, -0.2) is 11.9 Å². The van der Waals surface area contributed by atoms with Crippen molar-refractivity contribution >= 4 is 5.78 Å². The van der Waals surface area contributed by atoms with Gasteiger partial charge in [0.25, 0.3) is 0 Å². The fraction of sp³-hybridized carbons (Fsp3) is 0.273. The van der Waals surface area contributed by atoms with E-state index in [1.807, 2.05) is 0 Å². The van der Waals surface area contributed by atoms with Gasteiger partial charge >= 0.3 is 0 Å². The number of Topliss-reactive ketones (excluding diaryl/α,β-unsaturated/α-hetero) is 1. The van der Waals surface area contributed by atoms with Crippen molar-refractivity contribution in [3.05, 3.63) is 29.6 Å². The Hall–Kier alpha value is -1.89. The van der Waals surface area contributed by atoms with Gasteiger partial charge in [-0.3, -0.25) is 4.79 Å². The third kappa shape index (κ3) is 2.53. The van der Waals surface area contributed by atoms with Crippen molar-refractivity contribution in [1.82, 2.24) is 0 Å². The number of ether oxygens (including phenoxy) is 1. The van der Waals surface area contributed by atoms with Gasteiger partial charge in [0, 0.05) is 0 Å². The van der Waals surface area contributed by atoms with Crippen molar-refractivity contribution in [3.8, 4) is 11.8 Å². The van der Waals surface area contributed by atoms with E-state index >= 15 is 0 Å². The van der Waals surface area contributed by atoms with Gasteiger partial charge in [0.1, 0.15) is 23.2 Å². The zero-order valence-corrected chi connectivity index (χ0v) is 8.45. The Morgan fingerprint density at radius 1 is 1.60 bits per heavy atom. The van der Waals surface area contributed by atoms with Crippen LogP contribution in [0, 0.1) is 17.1 Å². The van der Waals surface area contributed by atoms with Gasteiger partial charge in [0.15, 0.2) is 11.9 Å². The number of benzene rings is 1. The van der Waals surface area contributed by atoms with Crippen LogP contribution in [0.3, 0.4) is 0 Å². The number of carbonyl (C=O) groups excluding carboxylic acids is 1. The molecule has 0 amide bonds. The van der Waals surface area contributed by atoms with Crippen molar-refractivity contribution in [2.75, 3.05) is 0 Å². The van der Waals surface area contributed by atoms with E-state index in [9.17, 15) is 9.18 Å². The maximum atomic E-state index is 13.1. The van der Waals surface area contributed by atoms with Crippen LogP contribution in [0.2, 0.25) is 0 Å². The fourth-order valence-electron chi connectivity index (χ4n) is 0.984. The van der Waals surface area contributed by atoms with E-state index in [-0.39, 0.29) is 17.1 Å². The summed E-state index contributed by atoms with van der Waals surface area (Å²) in [6.45, 7) is 2.92. The molecule has 1 atom stereocenters. The molecule has 0 aliphatic rings. The number of hydrogen-bond acceptors (Lipinski definition) is 3. The average Bonchev–Trinajstić information content (AvgIpc) is 2.18. The molecule has 3 nitrogen and oxygen atoms in total. The molecule has 0 radical (unpaired) electrons. The molecule has 1 aromatic rings. The first-order chi connectivity index (χ1) is 7.06. The molecular weight excluding hydrogens is 197 g/mol. The Morgan fingerprint density at radius 3 is 2.80 bits per heavy atom. The maximum Gasteiger partial charge on any atom is 0.169 e. The Kier molecular flexibility index (Phi) is 3.40. The summed E-state index contributed by atoms with van der Waals surface area (Å²) in [4.78, 5) is 10.9.